The first-order valence-corrected chi connectivity index (χ1v) is 12.2. The van der Waals surface area contributed by atoms with Crippen molar-refractivity contribution in [1.29, 1.82) is 0 Å². The van der Waals surface area contributed by atoms with Crippen LogP contribution in [0.2, 0.25) is 5.02 Å². The normalized spacial score (nSPS) is 15.3. The second-order valence-corrected chi connectivity index (χ2v) is 8.99. The Morgan fingerprint density at radius 1 is 1.08 bits per heavy atom. The lowest BCUT2D eigenvalue weighted by molar-refractivity contribution is -0.127. The van der Waals surface area contributed by atoms with Crippen LogP contribution in [0.4, 0.5) is 5.69 Å². The van der Waals surface area contributed by atoms with Gasteiger partial charge in [-0.25, -0.2) is 0 Å². The first kappa shape index (κ1) is 25.4. The molecular formula is C28H30ClN3O4. The number of fused-ring (bicyclic) bond motifs is 1. The highest BCUT2D eigenvalue weighted by atomic mass is 35.5. The molecule has 1 heterocycles. The Morgan fingerprint density at radius 3 is 2.58 bits per heavy atom. The maximum Gasteiger partial charge on any atom is 0.268 e. The maximum absolute atomic E-state index is 13.5. The lowest BCUT2D eigenvalue weighted by Gasteiger charge is -2.34. The number of hydrogen-bond acceptors (Lipinski definition) is 5. The number of nitrogens with zero attached hydrogens (tertiary/aromatic N) is 2. The number of halogens is 1. The number of hydrogen-bond donors (Lipinski definition) is 1. The summed E-state index contributed by atoms with van der Waals surface area (Å²) in [7, 11) is 1.59. The van der Waals surface area contributed by atoms with E-state index in [1.807, 2.05) is 66.7 Å². The molecule has 2 N–H and O–H groups in total. The summed E-state index contributed by atoms with van der Waals surface area (Å²) in [6.45, 7) is 3.14. The smallest absolute Gasteiger partial charge is 0.268 e. The van der Waals surface area contributed by atoms with Gasteiger partial charge in [-0.1, -0.05) is 35.9 Å². The molecule has 188 valence electrons. The number of amides is 1. The minimum absolute atomic E-state index is 0.134. The van der Waals surface area contributed by atoms with Crippen LogP contribution in [0.5, 0.6) is 17.2 Å². The van der Waals surface area contributed by atoms with Crippen LogP contribution >= 0.6 is 11.6 Å². The molecule has 3 aromatic rings. The van der Waals surface area contributed by atoms with Crippen LogP contribution in [0.25, 0.3) is 0 Å². The van der Waals surface area contributed by atoms with E-state index in [1.54, 1.807) is 18.9 Å². The summed E-state index contributed by atoms with van der Waals surface area (Å²) >= 11 is 6.17. The van der Waals surface area contributed by atoms with Crippen molar-refractivity contribution < 1.29 is 19.0 Å². The molecule has 0 fully saturated rings. The van der Waals surface area contributed by atoms with Crippen molar-refractivity contribution in [3.63, 3.8) is 0 Å². The van der Waals surface area contributed by atoms with Crippen LogP contribution in [0.3, 0.4) is 0 Å². The molecule has 36 heavy (non-hydrogen) atoms. The highest BCUT2D eigenvalue weighted by molar-refractivity contribution is 6.30. The largest absolute Gasteiger partial charge is 0.497 e. The monoisotopic (exact) mass is 507 g/mol. The fourth-order valence-electron chi connectivity index (χ4n) is 3.99. The molecule has 4 rings (SSSR count). The minimum Gasteiger partial charge on any atom is -0.497 e. The van der Waals surface area contributed by atoms with E-state index in [0.29, 0.717) is 54.2 Å². The first-order chi connectivity index (χ1) is 17.4. The van der Waals surface area contributed by atoms with Crippen molar-refractivity contribution in [2.24, 2.45) is 10.7 Å². The Bertz CT molecular complexity index is 1230. The third-order valence-electron chi connectivity index (χ3n) is 5.83. The molecule has 0 aliphatic carbocycles. The van der Waals surface area contributed by atoms with E-state index in [9.17, 15) is 4.79 Å². The predicted octanol–water partition coefficient (Wildman–Crippen LogP) is 5.03. The summed E-state index contributed by atoms with van der Waals surface area (Å²) in [5.41, 5.74) is 8.33. The van der Waals surface area contributed by atoms with Crippen LogP contribution in [-0.4, -0.2) is 38.1 Å². The van der Waals surface area contributed by atoms with Gasteiger partial charge in [0.2, 0.25) is 0 Å². The van der Waals surface area contributed by atoms with Crippen LogP contribution < -0.4 is 24.8 Å². The van der Waals surface area contributed by atoms with Crippen LogP contribution in [-0.2, 0) is 17.8 Å². The summed E-state index contributed by atoms with van der Waals surface area (Å²) in [5, 5.41) is 0.622. The zero-order valence-corrected chi connectivity index (χ0v) is 21.2. The van der Waals surface area contributed by atoms with E-state index in [0.717, 1.165) is 23.3 Å². The molecule has 0 spiro atoms. The highest BCUT2D eigenvalue weighted by Gasteiger charge is 2.34. The van der Waals surface area contributed by atoms with Crippen LogP contribution in [0.1, 0.15) is 24.5 Å². The van der Waals surface area contributed by atoms with Gasteiger partial charge in [-0.05, 0) is 60.9 Å². The second-order valence-electron chi connectivity index (χ2n) is 8.55. The summed E-state index contributed by atoms with van der Waals surface area (Å²) in [4.78, 5) is 19.4. The topological polar surface area (TPSA) is 86.4 Å². The molecule has 1 aliphatic rings. The molecule has 7 nitrogen and oxygen atoms in total. The molecule has 0 saturated carbocycles. The average molecular weight is 508 g/mol. The molecular weight excluding hydrogens is 478 g/mol. The molecule has 8 heteroatoms. The van der Waals surface area contributed by atoms with Gasteiger partial charge in [0.15, 0.2) is 6.10 Å². The van der Waals surface area contributed by atoms with E-state index in [4.69, 9.17) is 31.5 Å². The number of amidine groups is 1. The van der Waals surface area contributed by atoms with E-state index in [1.165, 1.54) is 0 Å². The second kappa shape index (κ2) is 11.8. The molecule has 0 radical (unpaired) electrons. The Labute approximate surface area is 216 Å². The van der Waals surface area contributed by atoms with Crippen molar-refractivity contribution in [2.75, 3.05) is 25.2 Å². The number of nitrogens with two attached hydrogens (primary N) is 1. The molecule has 1 atom stereocenters. The number of benzene rings is 3. The summed E-state index contributed by atoms with van der Waals surface area (Å²) in [6, 6.07) is 20.8. The fourth-order valence-corrected chi connectivity index (χ4v) is 4.20. The Hall–Kier alpha value is -3.71. The zero-order chi connectivity index (χ0) is 25.5. The number of carbonyl (C=O) groups is 1. The van der Waals surface area contributed by atoms with Crippen molar-refractivity contribution in [3.8, 4) is 17.2 Å². The number of methoxy groups -OCH3 is 1. The first-order valence-electron chi connectivity index (χ1n) is 11.8. The number of ether oxygens (including phenoxy) is 3. The van der Waals surface area contributed by atoms with Crippen LogP contribution in [0, 0.1) is 0 Å². The number of rotatable bonds is 10. The van der Waals surface area contributed by atoms with Gasteiger partial charge in [0.05, 0.1) is 31.8 Å². The van der Waals surface area contributed by atoms with Crippen molar-refractivity contribution in [3.05, 3.63) is 82.9 Å². The van der Waals surface area contributed by atoms with Crippen LogP contribution in [0.15, 0.2) is 71.7 Å². The van der Waals surface area contributed by atoms with Gasteiger partial charge >= 0.3 is 0 Å². The Balaban J connectivity index is 1.42. The van der Waals surface area contributed by atoms with E-state index < -0.39 is 6.10 Å². The molecule has 0 aromatic heterocycles. The van der Waals surface area contributed by atoms with Gasteiger partial charge in [-0.2, -0.15) is 0 Å². The Kier molecular flexibility index (Phi) is 8.33. The molecule has 0 bridgehead atoms. The molecule has 1 amide bonds. The van der Waals surface area contributed by atoms with Crippen molar-refractivity contribution in [2.45, 2.75) is 32.4 Å². The van der Waals surface area contributed by atoms with Gasteiger partial charge in [0.25, 0.3) is 5.91 Å². The highest BCUT2D eigenvalue weighted by Crippen LogP contribution is 2.38. The number of anilines is 1. The lowest BCUT2D eigenvalue weighted by atomic mass is 10.1. The summed E-state index contributed by atoms with van der Waals surface area (Å²) in [5.74, 6) is 2.47. The van der Waals surface area contributed by atoms with Crippen molar-refractivity contribution in [1.82, 2.24) is 0 Å². The minimum atomic E-state index is -0.665. The molecule has 3 aromatic carbocycles. The van der Waals surface area contributed by atoms with Gasteiger partial charge in [0.1, 0.15) is 17.2 Å². The Morgan fingerprint density at radius 2 is 1.86 bits per heavy atom. The van der Waals surface area contributed by atoms with Gasteiger partial charge in [-0.15, -0.1) is 0 Å². The third kappa shape index (κ3) is 6.49. The zero-order valence-electron chi connectivity index (χ0n) is 20.4. The summed E-state index contributed by atoms with van der Waals surface area (Å²) in [6.07, 6.45) is 0.552. The predicted molar refractivity (Wildman–Crippen MR) is 142 cm³/mol. The maximum atomic E-state index is 13.5. The fraction of sp³-hybridized carbons (Fsp3) is 0.286. The SMILES string of the molecule is COc1ccc2c(c1)N(Cc1cccc(Cl)c1)C(=O)C(CCOc1ccc(CCN=C(C)N)cc1)O2. The molecule has 1 unspecified atom stereocenters. The van der Waals surface area contributed by atoms with E-state index in [2.05, 4.69) is 4.99 Å². The van der Waals surface area contributed by atoms with E-state index in [-0.39, 0.29) is 5.91 Å². The van der Waals surface area contributed by atoms with Gasteiger partial charge in [-0.3, -0.25) is 9.79 Å². The standard InChI is InChI=1S/C28H30ClN3O4/c1-19(30)31-14-12-20-6-8-23(9-7-20)35-15-13-27-28(33)32(18-21-4-3-5-22(29)16-21)25-17-24(34-2)10-11-26(25)36-27/h3-11,16-17,27H,12-15,18H2,1-2H3,(H2,30,31). The molecule has 1 aliphatic heterocycles. The van der Waals surface area contributed by atoms with E-state index >= 15 is 0 Å². The third-order valence-corrected chi connectivity index (χ3v) is 6.07. The van der Waals surface area contributed by atoms with Gasteiger partial charge in [0, 0.05) is 24.1 Å². The number of aliphatic imine (C=N–C) groups is 1. The van der Waals surface area contributed by atoms with Gasteiger partial charge < -0.3 is 24.8 Å². The van der Waals surface area contributed by atoms with Crippen molar-refractivity contribution >= 4 is 29.0 Å². The number of carbonyl (C=O) groups excluding carboxylic acids is 1. The average Bonchev–Trinajstić information content (AvgIpc) is 2.87. The summed E-state index contributed by atoms with van der Waals surface area (Å²) < 4.78 is 17.4. The lowest BCUT2D eigenvalue weighted by Crippen LogP contribution is -2.46. The quantitative estimate of drug-likeness (QED) is 0.307. The molecule has 0 saturated heterocycles.